The van der Waals surface area contributed by atoms with E-state index in [-0.39, 0.29) is 29.3 Å². The Hall–Kier alpha value is -2.85. The van der Waals surface area contributed by atoms with Gasteiger partial charge in [0.25, 0.3) is 0 Å². The zero-order valence-electron chi connectivity index (χ0n) is 14.6. The highest BCUT2D eigenvalue weighted by molar-refractivity contribution is 6.18. The van der Waals surface area contributed by atoms with Crippen LogP contribution in [0.5, 0.6) is 0 Å². The van der Waals surface area contributed by atoms with E-state index in [9.17, 15) is 9.59 Å². The van der Waals surface area contributed by atoms with Crippen molar-refractivity contribution in [3.8, 4) is 6.07 Å². The molecule has 0 spiro atoms. The van der Waals surface area contributed by atoms with E-state index in [1.165, 1.54) is 19.4 Å². The average molecular weight is 376 g/mol. The molecule has 1 aliphatic rings. The molecule has 0 saturated carbocycles. The number of allylic oxidation sites excluding steroid dienone is 2. The lowest BCUT2D eigenvalue weighted by Crippen LogP contribution is -2.32. The van der Waals surface area contributed by atoms with Gasteiger partial charge in [-0.25, -0.2) is 14.6 Å². The van der Waals surface area contributed by atoms with Crippen LogP contribution in [0.3, 0.4) is 0 Å². The van der Waals surface area contributed by atoms with E-state index in [4.69, 9.17) is 26.3 Å². The molecule has 2 rings (SSSR count). The van der Waals surface area contributed by atoms with Crippen molar-refractivity contribution in [2.45, 2.75) is 19.8 Å². The van der Waals surface area contributed by atoms with Gasteiger partial charge in [0, 0.05) is 17.6 Å². The third-order valence-corrected chi connectivity index (χ3v) is 4.08. The number of nitriles is 1. The number of halogens is 1. The molecular formula is C18H18ClN3O4. The summed E-state index contributed by atoms with van der Waals surface area (Å²) in [6, 6.07) is 5.12. The van der Waals surface area contributed by atoms with Crippen molar-refractivity contribution in [1.29, 1.82) is 5.26 Å². The van der Waals surface area contributed by atoms with Gasteiger partial charge in [-0.2, -0.15) is 5.26 Å². The summed E-state index contributed by atoms with van der Waals surface area (Å²) in [7, 11) is 1.27. The molecule has 26 heavy (non-hydrogen) atoms. The fourth-order valence-electron chi connectivity index (χ4n) is 2.83. The zero-order chi connectivity index (χ0) is 19.3. The van der Waals surface area contributed by atoms with Crippen molar-refractivity contribution in [2.24, 2.45) is 0 Å². The third kappa shape index (κ3) is 3.86. The van der Waals surface area contributed by atoms with E-state index < -0.39 is 17.9 Å². The predicted octanol–water partition coefficient (Wildman–Crippen LogP) is 2.14. The zero-order valence-corrected chi connectivity index (χ0v) is 15.4. The molecular weight excluding hydrogens is 358 g/mol. The van der Waals surface area contributed by atoms with Gasteiger partial charge in [-0.1, -0.05) is 6.07 Å². The smallest absolute Gasteiger partial charge is 0.336 e. The molecule has 1 aliphatic heterocycles. The van der Waals surface area contributed by atoms with Crippen LogP contribution in [0.2, 0.25) is 0 Å². The number of ether oxygens (including phenoxy) is 2. The fourth-order valence-corrected chi connectivity index (χ4v) is 2.91. The maximum Gasteiger partial charge on any atom is 0.336 e. The molecule has 2 heterocycles. The molecule has 0 amide bonds. The van der Waals surface area contributed by atoms with Gasteiger partial charge in [-0.3, -0.25) is 0 Å². The summed E-state index contributed by atoms with van der Waals surface area (Å²) in [6.45, 7) is 3.49. The van der Waals surface area contributed by atoms with Crippen LogP contribution in [0.4, 0.5) is 0 Å². The van der Waals surface area contributed by atoms with Crippen LogP contribution in [0, 0.1) is 11.3 Å². The van der Waals surface area contributed by atoms with Gasteiger partial charge in [0.1, 0.15) is 18.4 Å². The molecule has 0 radical (unpaired) electrons. The second kappa shape index (κ2) is 8.50. The molecule has 136 valence electrons. The molecule has 0 saturated heterocycles. The Morgan fingerprint density at radius 1 is 1.27 bits per heavy atom. The first-order valence-electron chi connectivity index (χ1n) is 7.80. The van der Waals surface area contributed by atoms with E-state index in [0.717, 1.165) is 0 Å². The Morgan fingerprint density at radius 2 is 1.92 bits per heavy atom. The number of methoxy groups -OCH3 is 1. The highest BCUT2D eigenvalue weighted by Crippen LogP contribution is 2.38. The monoisotopic (exact) mass is 375 g/mol. The summed E-state index contributed by atoms with van der Waals surface area (Å²) < 4.78 is 10.1. The highest BCUT2D eigenvalue weighted by atomic mass is 35.5. The van der Waals surface area contributed by atoms with Gasteiger partial charge in [-0.15, -0.1) is 11.6 Å². The number of hydrogen-bond donors (Lipinski definition) is 1. The van der Waals surface area contributed by atoms with Crippen LogP contribution in [-0.4, -0.2) is 36.5 Å². The first kappa shape index (κ1) is 19.5. The Balaban J connectivity index is 2.60. The molecule has 0 bridgehead atoms. The van der Waals surface area contributed by atoms with Gasteiger partial charge >= 0.3 is 11.9 Å². The highest BCUT2D eigenvalue weighted by Gasteiger charge is 2.37. The number of alkyl halides is 1. The maximum absolute atomic E-state index is 12.6. The van der Waals surface area contributed by atoms with Gasteiger partial charge in [0.2, 0.25) is 0 Å². The quantitative estimate of drug-likeness (QED) is 0.621. The van der Waals surface area contributed by atoms with E-state index in [2.05, 4.69) is 10.3 Å². The number of aromatic nitrogens is 1. The molecule has 0 aliphatic carbocycles. The van der Waals surface area contributed by atoms with Crippen LogP contribution >= 0.6 is 11.6 Å². The summed E-state index contributed by atoms with van der Waals surface area (Å²) in [4.78, 5) is 29.0. The number of rotatable bonds is 5. The Bertz CT molecular complexity index is 822. The first-order chi connectivity index (χ1) is 12.4. The van der Waals surface area contributed by atoms with E-state index in [1.54, 1.807) is 19.9 Å². The van der Waals surface area contributed by atoms with Crippen LogP contribution in [-0.2, 0) is 19.1 Å². The predicted molar refractivity (Wildman–Crippen MR) is 93.9 cm³/mol. The molecule has 8 heteroatoms. The van der Waals surface area contributed by atoms with Crippen molar-refractivity contribution in [2.75, 3.05) is 19.6 Å². The van der Waals surface area contributed by atoms with Crippen LogP contribution in [0.15, 0.2) is 40.9 Å². The molecule has 1 aromatic heterocycles. The minimum Gasteiger partial charge on any atom is -0.466 e. The number of nitrogens with one attached hydrogen (secondary N) is 1. The Morgan fingerprint density at radius 3 is 2.42 bits per heavy atom. The topological polar surface area (TPSA) is 101 Å². The third-order valence-electron chi connectivity index (χ3n) is 3.93. The fraction of sp³-hybridized carbons (Fsp3) is 0.333. The van der Waals surface area contributed by atoms with Crippen molar-refractivity contribution in [3.63, 3.8) is 0 Å². The number of pyridine rings is 1. The minimum atomic E-state index is -0.730. The van der Waals surface area contributed by atoms with E-state index >= 15 is 0 Å². The van der Waals surface area contributed by atoms with Crippen molar-refractivity contribution in [1.82, 2.24) is 10.3 Å². The van der Waals surface area contributed by atoms with E-state index in [1.807, 2.05) is 6.07 Å². The van der Waals surface area contributed by atoms with Gasteiger partial charge < -0.3 is 14.8 Å². The average Bonchev–Trinajstić information content (AvgIpc) is 2.65. The number of nitrogens with zero attached hydrogens (tertiary/aromatic N) is 2. The first-order valence-corrected chi connectivity index (χ1v) is 8.34. The molecule has 0 aromatic carbocycles. The molecule has 1 aromatic rings. The van der Waals surface area contributed by atoms with Gasteiger partial charge in [0.05, 0.1) is 30.1 Å². The van der Waals surface area contributed by atoms with Crippen LogP contribution in [0.25, 0.3) is 0 Å². The lowest BCUT2D eigenvalue weighted by Gasteiger charge is -2.30. The van der Waals surface area contributed by atoms with Crippen LogP contribution in [0.1, 0.15) is 31.0 Å². The lowest BCUT2D eigenvalue weighted by molar-refractivity contribution is -0.139. The largest absolute Gasteiger partial charge is 0.466 e. The minimum absolute atomic E-state index is 0.0474. The standard InChI is InChI=1S/C18H18ClN3O4/c1-10-14(17(23)25-3)16(12-4-5-13(8-20)21-9-12)15(11(2)22-10)18(24)26-7-6-19/h4-5,9,16,22H,6-7H2,1-3H3. The second-order valence-corrected chi connectivity index (χ2v) is 5.92. The normalized spacial score (nSPS) is 16.7. The number of dihydropyridines is 1. The molecule has 7 nitrogen and oxygen atoms in total. The lowest BCUT2D eigenvalue weighted by atomic mass is 9.81. The summed E-state index contributed by atoms with van der Waals surface area (Å²) in [5, 5.41) is 12.0. The number of carbonyl (C=O) groups excluding carboxylic acids is 2. The molecule has 1 atom stereocenters. The summed E-state index contributed by atoms with van der Waals surface area (Å²) in [5.41, 5.74) is 2.48. The van der Waals surface area contributed by atoms with Crippen molar-refractivity contribution < 1.29 is 19.1 Å². The Labute approximate surface area is 156 Å². The van der Waals surface area contributed by atoms with Gasteiger partial charge in [-0.05, 0) is 25.5 Å². The summed E-state index contributed by atoms with van der Waals surface area (Å²) in [6.07, 6.45) is 1.47. The molecule has 1 unspecified atom stereocenters. The number of esters is 2. The van der Waals surface area contributed by atoms with E-state index in [0.29, 0.717) is 17.0 Å². The SMILES string of the molecule is COC(=O)C1=C(C)NC(C)=C(C(=O)OCCCl)C1c1ccc(C#N)nc1. The van der Waals surface area contributed by atoms with Gasteiger partial charge in [0.15, 0.2) is 0 Å². The van der Waals surface area contributed by atoms with Crippen molar-refractivity contribution >= 4 is 23.5 Å². The summed E-state index contributed by atoms with van der Waals surface area (Å²) >= 11 is 5.60. The number of hydrogen-bond acceptors (Lipinski definition) is 7. The molecule has 1 N–H and O–H groups in total. The van der Waals surface area contributed by atoms with Crippen LogP contribution < -0.4 is 5.32 Å². The second-order valence-electron chi connectivity index (χ2n) is 5.54. The molecule has 0 fully saturated rings. The maximum atomic E-state index is 12.6. The summed E-state index contributed by atoms with van der Waals surface area (Å²) in [5.74, 6) is -1.72. The van der Waals surface area contributed by atoms with Crippen molar-refractivity contribution in [3.05, 3.63) is 52.1 Å². The number of carbonyl (C=O) groups is 2. The Kier molecular flexibility index (Phi) is 6.36.